The van der Waals surface area contributed by atoms with Crippen molar-refractivity contribution in [1.29, 1.82) is 0 Å². The minimum absolute atomic E-state index is 0.0236. The lowest BCUT2D eigenvalue weighted by atomic mass is 10.2. The molecule has 26 heavy (non-hydrogen) atoms. The van der Waals surface area contributed by atoms with Crippen molar-refractivity contribution in [2.45, 2.75) is 36.0 Å². The van der Waals surface area contributed by atoms with Crippen LogP contribution in [0.1, 0.15) is 46.4 Å². The number of benzene rings is 1. The maximum atomic E-state index is 12.5. The van der Waals surface area contributed by atoms with Crippen molar-refractivity contribution in [3.05, 3.63) is 52.7 Å². The quantitative estimate of drug-likeness (QED) is 0.693. The van der Waals surface area contributed by atoms with E-state index in [0.29, 0.717) is 20.9 Å². The van der Waals surface area contributed by atoms with E-state index in [1.165, 1.54) is 31.0 Å². The fraction of sp³-hybridized carbons (Fsp3) is 0.278. The number of hydrogen-bond donors (Lipinski definition) is 3. The zero-order chi connectivity index (χ0) is 18.5. The summed E-state index contributed by atoms with van der Waals surface area (Å²) in [6, 6.07) is 7.45. The maximum absolute atomic E-state index is 12.5. The topological polar surface area (TPSA) is 91.3 Å². The van der Waals surface area contributed by atoms with Gasteiger partial charge in [-0.3, -0.25) is 20.4 Å². The van der Waals surface area contributed by atoms with Crippen LogP contribution in [0.25, 0.3) is 0 Å². The third-order valence-electron chi connectivity index (χ3n) is 4.09. The van der Waals surface area contributed by atoms with Gasteiger partial charge < -0.3 is 5.11 Å². The highest BCUT2D eigenvalue weighted by molar-refractivity contribution is 7.99. The Labute approximate surface area is 160 Å². The minimum Gasteiger partial charge on any atom is -0.507 e. The zero-order valence-electron chi connectivity index (χ0n) is 13.9. The molecular formula is C18H18ClN3O3S. The van der Waals surface area contributed by atoms with Gasteiger partial charge in [-0.05, 0) is 43.2 Å². The average Bonchev–Trinajstić information content (AvgIpc) is 3.15. The van der Waals surface area contributed by atoms with E-state index in [0.717, 1.165) is 12.8 Å². The molecule has 0 spiro atoms. The van der Waals surface area contributed by atoms with E-state index < -0.39 is 11.8 Å². The molecule has 1 aromatic carbocycles. The molecule has 0 bridgehead atoms. The summed E-state index contributed by atoms with van der Waals surface area (Å²) in [5, 5.41) is 11.2. The second-order valence-corrected chi connectivity index (χ2v) is 7.68. The number of aromatic hydroxyl groups is 1. The largest absolute Gasteiger partial charge is 0.507 e. The van der Waals surface area contributed by atoms with Gasteiger partial charge in [0.15, 0.2) is 0 Å². The third kappa shape index (κ3) is 4.47. The van der Waals surface area contributed by atoms with Crippen LogP contribution >= 0.6 is 23.4 Å². The Bertz CT molecular complexity index is 825. The Morgan fingerprint density at radius 3 is 2.54 bits per heavy atom. The molecule has 0 atom stereocenters. The van der Waals surface area contributed by atoms with E-state index >= 15 is 0 Å². The molecule has 1 aliphatic rings. The number of phenols is 1. The lowest BCUT2D eigenvalue weighted by Crippen LogP contribution is -2.41. The molecule has 1 saturated carbocycles. The lowest BCUT2D eigenvalue weighted by molar-refractivity contribution is 0.0843. The number of carbonyl (C=O) groups excluding carboxylic acids is 2. The number of hydrazine groups is 1. The highest BCUT2D eigenvalue weighted by Crippen LogP contribution is 2.35. The molecule has 0 radical (unpaired) electrons. The maximum Gasteiger partial charge on any atom is 0.273 e. The third-order valence-corrected chi connectivity index (χ3v) is 5.68. The summed E-state index contributed by atoms with van der Waals surface area (Å²) < 4.78 is 0. The highest BCUT2D eigenvalue weighted by Gasteiger charge is 2.21. The summed E-state index contributed by atoms with van der Waals surface area (Å²) in [6.45, 7) is 0. The van der Waals surface area contributed by atoms with Crippen LogP contribution in [0, 0.1) is 0 Å². The van der Waals surface area contributed by atoms with Crippen LogP contribution in [0.15, 0.2) is 41.6 Å². The van der Waals surface area contributed by atoms with E-state index in [1.54, 1.807) is 30.1 Å². The number of nitrogens with zero attached hydrogens (tertiary/aromatic N) is 1. The Kier molecular flexibility index (Phi) is 6.00. The number of halogens is 1. The van der Waals surface area contributed by atoms with Gasteiger partial charge in [0.25, 0.3) is 11.8 Å². The fourth-order valence-corrected chi connectivity index (χ4v) is 4.23. The number of carbonyl (C=O) groups is 2. The Balaban J connectivity index is 1.66. The van der Waals surface area contributed by atoms with Crippen LogP contribution < -0.4 is 10.9 Å². The SMILES string of the molecule is O=C(NNC(=O)c1cccnc1SC1CCCC1)c1cc(Cl)ccc1O. The number of rotatable bonds is 4. The standard InChI is InChI=1S/C18H18ClN3O3S/c19-11-7-8-15(23)14(10-11)17(25)22-21-16(24)13-6-3-9-20-18(13)26-12-4-1-2-5-12/h3,6-10,12,23H,1-2,4-5H2,(H,21,24)(H,22,25). The van der Waals surface area contributed by atoms with Gasteiger partial charge in [-0.2, -0.15) is 0 Å². The number of hydrogen-bond acceptors (Lipinski definition) is 5. The number of thioether (sulfide) groups is 1. The molecule has 1 fully saturated rings. The number of aromatic nitrogens is 1. The predicted octanol–water partition coefficient (Wildman–Crippen LogP) is 3.55. The van der Waals surface area contributed by atoms with E-state index in [4.69, 9.17) is 11.6 Å². The molecule has 2 aromatic rings. The molecule has 1 heterocycles. The Morgan fingerprint density at radius 2 is 1.81 bits per heavy atom. The molecule has 3 rings (SSSR count). The smallest absolute Gasteiger partial charge is 0.273 e. The van der Waals surface area contributed by atoms with Crippen molar-refractivity contribution in [1.82, 2.24) is 15.8 Å². The predicted molar refractivity (Wildman–Crippen MR) is 100 cm³/mol. The number of amides is 2. The second-order valence-electron chi connectivity index (χ2n) is 5.95. The zero-order valence-corrected chi connectivity index (χ0v) is 15.4. The molecule has 8 heteroatoms. The molecule has 1 aliphatic carbocycles. The summed E-state index contributed by atoms with van der Waals surface area (Å²) >= 11 is 7.43. The van der Waals surface area contributed by atoms with Crippen molar-refractivity contribution in [2.24, 2.45) is 0 Å². The second kappa shape index (κ2) is 8.42. The van der Waals surface area contributed by atoms with Crippen molar-refractivity contribution in [3.63, 3.8) is 0 Å². The fourth-order valence-electron chi connectivity index (χ4n) is 2.76. The van der Waals surface area contributed by atoms with Crippen LogP contribution in [0.5, 0.6) is 5.75 Å². The van der Waals surface area contributed by atoms with Crippen molar-refractivity contribution < 1.29 is 14.7 Å². The summed E-state index contributed by atoms with van der Waals surface area (Å²) in [4.78, 5) is 28.9. The van der Waals surface area contributed by atoms with E-state index in [-0.39, 0.29) is 11.3 Å². The monoisotopic (exact) mass is 391 g/mol. The number of pyridine rings is 1. The van der Waals surface area contributed by atoms with Crippen LogP contribution in [-0.2, 0) is 0 Å². The van der Waals surface area contributed by atoms with Crippen LogP contribution in [0.3, 0.4) is 0 Å². The van der Waals surface area contributed by atoms with Crippen molar-refractivity contribution in [3.8, 4) is 5.75 Å². The molecule has 136 valence electrons. The summed E-state index contributed by atoms with van der Waals surface area (Å²) in [5.74, 6) is -1.35. The Morgan fingerprint density at radius 1 is 1.12 bits per heavy atom. The van der Waals surface area contributed by atoms with Crippen molar-refractivity contribution >= 4 is 35.2 Å². The number of phenolic OH excluding ortho intramolecular Hbond substituents is 1. The van der Waals surface area contributed by atoms with Gasteiger partial charge >= 0.3 is 0 Å². The first kappa shape index (κ1) is 18.5. The van der Waals surface area contributed by atoms with Crippen LogP contribution in [0.2, 0.25) is 5.02 Å². The lowest BCUT2D eigenvalue weighted by Gasteiger charge is -2.13. The Hall–Kier alpha value is -2.25. The number of nitrogens with one attached hydrogen (secondary N) is 2. The highest BCUT2D eigenvalue weighted by atomic mass is 35.5. The van der Waals surface area contributed by atoms with Gasteiger partial charge in [-0.25, -0.2) is 4.98 Å². The molecule has 0 aliphatic heterocycles. The summed E-state index contributed by atoms with van der Waals surface area (Å²) in [7, 11) is 0. The van der Waals surface area contributed by atoms with Gasteiger partial charge in [-0.15, -0.1) is 11.8 Å². The van der Waals surface area contributed by atoms with Gasteiger partial charge in [0, 0.05) is 16.5 Å². The normalized spacial score (nSPS) is 14.2. The average molecular weight is 392 g/mol. The molecule has 1 aromatic heterocycles. The van der Waals surface area contributed by atoms with E-state index in [2.05, 4.69) is 15.8 Å². The van der Waals surface area contributed by atoms with Gasteiger partial charge in [0.2, 0.25) is 0 Å². The molecule has 3 N–H and O–H groups in total. The molecule has 2 amide bonds. The summed E-state index contributed by atoms with van der Waals surface area (Å²) in [6.07, 6.45) is 6.28. The van der Waals surface area contributed by atoms with E-state index in [1.807, 2.05) is 0 Å². The van der Waals surface area contributed by atoms with Crippen LogP contribution in [-0.4, -0.2) is 27.2 Å². The first-order chi connectivity index (χ1) is 12.5. The first-order valence-electron chi connectivity index (χ1n) is 8.25. The summed E-state index contributed by atoms with van der Waals surface area (Å²) in [5.41, 5.74) is 5.03. The first-order valence-corrected chi connectivity index (χ1v) is 9.51. The molecule has 0 unspecified atom stereocenters. The van der Waals surface area contributed by atoms with Gasteiger partial charge in [0.05, 0.1) is 11.1 Å². The van der Waals surface area contributed by atoms with Gasteiger partial charge in [-0.1, -0.05) is 24.4 Å². The van der Waals surface area contributed by atoms with Gasteiger partial charge in [0.1, 0.15) is 10.8 Å². The van der Waals surface area contributed by atoms with Crippen molar-refractivity contribution in [2.75, 3.05) is 0 Å². The molecule has 0 saturated heterocycles. The van der Waals surface area contributed by atoms with Crippen LogP contribution in [0.4, 0.5) is 0 Å². The minimum atomic E-state index is -0.660. The van der Waals surface area contributed by atoms with E-state index in [9.17, 15) is 14.7 Å². The molecular weight excluding hydrogens is 374 g/mol. The molecule has 6 nitrogen and oxygen atoms in total.